The number of aliphatic hydroxyl groups excluding tert-OH is 1. The molecule has 3 rings (SSSR count). The number of halogens is 1. The molecule has 1 saturated carbocycles. The van der Waals surface area contributed by atoms with Crippen LogP contribution in [0.1, 0.15) is 50.7 Å². The topological polar surface area (TPSA) is 29.5 Å². The van der Waals surface area contributed by atoms with Gasteiger partial charge in [-0.25, -0.2) is 0 Å². The van der Waals surface area contributed by atoms with E-state index in [1.54, 1.807) is 0 Å². The van der Waals surface area contributed by atoms with E-state index in [2.05, 4.69) is 6.92 Å². The molecule has 1 aliphatic heterocycles. The monoisotopic (exact) mass is 266 g/mol. The SMILES string of the molecule is CC1CCCCC12CC(O)c1cc(Cl)ccc1O2. The minimum Gasteiger partial charge on any atom is -0.487 e. The molecule has 0 aromatic heterocycles. The summed E-state index contributed by atoms with van der Waals surface area (Å²) in [6, 6.07) is 5.55. The van der Waals surface area contributed by atoms with Crippen molar-refractivity contribution in [2.75, 3.05) is 0 Å². The Kier molecular flexibility index (Phi) is 3.03. The lowest BCUT2D eigenvalue weighted by atomic mass is 9.71. The normalized spacial score (nSPS) is 35.1. The largest absolute Gasteiger partial charge is 0.487 e. The maximum absolute atomic E-state index is 10.4. The van der Waals surface area contributed by atoms with Crippen molar-refractivity contribution >= 4 is 11.6 Å². The van der Waals surface area contributed by atoms with Crippen LogP contribution in [0, 0.1) is 5.92 Å². The predicted octanol–water partition coefficient (Wildman–Crippen LogP) is 4.10. The van der Waals surface area contributed by atoms with Gasteiger partial charge in [0.25, 0.3) is 0 Å². The second-order valence-electron chi connectivity index (χ2n) is 5.72. The van der Waals surface area contributed by atoms with Crippen LogP contribution in [-0.2, 0) is 0 Å². The van der Waals surface area contributed by atoms with Gasteiger partial charge >= 0.3 is 0 Å². The van der Waals surface area contributed by atoms with Gasteiger partial charge in [0, 0.05) is 17.0 Å². The van der Waals surface area contributed by atoms with Crippen molar-refractivity contribution in [2.24, 2.45) is 5.92 Å². The third-order valence-corrected chi connectivity index (χ3v) is 4.80. The molecule has 1 aliphatic carbocycles. The van der Waals surface area contributed by atoms with Gasteiger partial charge in [0.05, 0.1) is 6.10 Å². The van der Waals surface area contributed by atoms with E-state index >= 15 is 0 Å². The smallest absolute Gasteiger partial charge is 0.126 e. The van der Waals surface area contributed by atoms with Crippen molar-refractivity contribution in [2.45, 2.75) is 50.7 Å². The standard InChI is InChI=1S/C15H19ClO2/c1-10-4-2-3-7-15(10)9-13(17)12-8-11(16)5-6-14(12)18-15/h5-6,8,10,13,17H,2-4,7,9H2,1H3. The summed E-state index contributed by atoms with van der Waals surface area (Å²) in [6.45, 7) is 2.24. The summed E-state index contributed by atoms with van der Waals surface area (Å²) in [5.74, 6) is 1.32. The summed E-state index contributed by atoms with van der Waals surface area (Å²) in [5.41, 5.74) is 0.671. The van der Waals surface area contributed by atoms with Crippen LogP contribution in [0.2, 0.25) is 5.02 Å². The number of hydrogen-bond acceptors (Lipinski definition) is 2. The molecule has 0 radical (unpaired) electrons. The van der Waals surface area contributed by atoms with Crippen LogP contribution in [0.5, 0.6) is 5.75 Å². The summed E-state index contributed by atoms with van der Waals surface area (Å²) >= 11 is 5.98. The number of hydrogen-bond donors (Lipinski definition) is 1. The third kappa shape index (κ3) is 1.92. The molecule has 1 N–H and O–H groups in total. The van der Waals surface area contributed by atoms with E-state index in [1.807, 2.05) is 18.2 Å². The first-order chi connectivity index (χ1) is 8.61. The van der Waals surface area contributed by atoms with Crippen molar-refractivity contribution in [3.05, 3.63) is 28.8 Å². The van der Waals surface area contributed by atoms with Crippen LogP contribution in [-0.4, -0.2) is 10.7 Å². The lowest BCUT2D eigenvalue weighted by Crippen LogP contribution is -2.48. The van der Waals surface area contributed by atoms with E-state index in [0.717, 1.165) is 17.7 Å². The highest BCUT2D eigenvalue weighted by atomic mass is 35.5. The average molecular weight is 267 g/mol. The highest BCUT2D eigenvalue weighted by molar-refractivity contribution is 6.30. The van der Waals surface area contributed by atoms with Crippen LogP contribution in [0.3, 0.4) is 0 Å². The van der Waals surface area contributed by atoms with Crippen LogP contribution < -0.4 is 4.74 Å². The van der Waals surface area contributed by atoms with Gasteiger partial charge in [0.1, 0.15) is 11.4 Å². The first-order valence-electron chi connectivity index (χ1n) is 6.77. The molecule has 2 aliphatic rings. The summed E-state index contributed by atoms with van der Waals surface area (Å²) in [5, 5.41) is 11.0. The molecule has 0 saturated heterocycles. The Balaban J connectivity index is 1.98. The number of ether oxygens (including phenoxy) is 1. The molecule has 0 bridgehead atoms. The number of benzene rings is 1. The van der Waals surface area contributed by atoms with Gasteiger partial charge in [-0.15, -0.1) is 0 Å². The number of aliphatic hydroxyl groups is 1. The van der Waals surface area contributed by atoms with Gasteiger partial charge in [-0.2, -0.15) is 0 Å². The molecule has 18 heavy (non-hydrogen) atoms. The zero-order valence-corrected chi connectivity index (χ0v) is 11.4. The van der Waals surface area contributed by atoms with Gasteiger partial charge in [0.2, 0.25) is 0 Å². The second kappa shape index (κ2) is 4.43. The second-order valence-corrected chi connectivity index (χ2v) is 6.15. The third-order valence-electron chi connectivity index (χ3n) is 4.57. The minimum absolute atomic E-state index is 0.168. The number of fused-ring (bicyclic) bond motifs is 1. The molecule has 1 heterocycles. The Hall–Kier alpha value is -0.730. The van der Waals surface area contributed by atoms with Crippen molar-refractivity contribution in [1.82, 2.24) is 0 Å². The van der Waals surface area contributed by atoms with Crippen molar-refractivity contribution < 1.29 is 9.84 Å². The molecular weight excluding hydrogens is 248 g/mol. The van der Waals surface area contributed by atoms with Gasteiger partial charge in [0.15, 0.2) is 0 Å². The summed E-state index contributed by atoms with van der Waals surface area (Å²) in [7, 11) is 0. The first-order valence-corrected chi connectivity index (χ1v) is 7.15. The van der Waals surface area contributed by atoms with Gasteiger partial charge in [-0.3, -0.25) is 0 Å². The predicted molar refractivity (Wildman–Crippen MR) is 72.0 cm³/mol. The van der Waals surface area contributed by atoms with Gasteiger partial charge in [-0.1, -0.05) is 24.9 Å². The minimum atomic E-state index is -0.451. The average Bonchev–Trinajstić information content (AvgIpc) is 2.34. The first kappa shape index (κ1) is 12.3. The lowest BCUT2D eigenvalue weighted by Gasteiger charge is -2.47. The Morgan fingerprint density at radius 2 is 2.22 bits per heavy atom. The van der Waals surface area contributed by atoms with Gasteiger partial charge in [-0.05, 0) is 43.4 Å². The van der Waals surface area contributed by atoms with E-state index < -0.39 is 6.10 Å². The van der Waals surface area contributed by atoms with Crippen LogP contribution in [0.4, 0.5) is 0 Å². The van der Waals surface area contributed by atoms with E-state index in [4.69, 9.17) is 16.3 Å². The van der Waals surface area contributed by atoms with Crippen LogP contribution in [0.25, 0.3) is 0 Å². The molecular formula is C15H19ClO2. The Morgan fingerprint density at radius 3 is 3.00 bits per heavy atom. The molecule has 1 aromatic rings. The summed E-state index contributed by atoms with van der Waals surface area (Å²) in [4.78, 5) is 0. The molecule has 3 heteroatoms. The van der Waals surface area contributed by atoms with Crippen molar-refractivity contribution in [3.8, 4) is 5.75 Å². The fourth-order valence-electron chi connectivity index (χ4n) is 3.41. The zero-order chi connectivity index (χ0) is 12.8. The summed E-state index contributed by atoms with van der Waals surface area (Å²) in [6.07, 6.45) is 4.95. The number of rotatable bonds is 0. The molecule has 1 fully saturated rings. The van der Waals surface area contributed by atoms with E-state index in [-0.39, 0.29) is 5.60 Å². The van der Waals surface area contributed by atoms with Crippen molar-refractivity contribution in [1.29, 1.82) is 0 Å². The quantitative estimate of drug-likeness (QED) is 0.766. The lowest BCUT2D eigenvalue weighted by molar-refractivity contribution is -0.0717. The molecule has 1 spiro atoms. The Bertz CT molecular complexity index is 460. The Morgan fingerprint density at radius 1 is 1.39 bits per heavy atom. The highest BCUT2D eigenvalue weighted by Crippen LogP contribution is 2.48. The fourth-order valence-corrected chi connectivity index (χ4v) is 3.59. The molecule has 1 aromatic carbocycles. The molecule has 0 amide bonds. The highest BCUT2D eigenvalue weighted by Gasteiger charge is 2.45. The molecule has 2 nitrogen and oxygen atoms in total. The van der Waals surface area contributed by atoms with Crippen molar-refractivity contribution in [3.63, 3.8) is 0 Å². The van der Waals surface area contributed by atoms with E-state index in [1.165, 1.54) is 19.3 Å². The molecule has 3 atom stereocenters. The van der Waals surface area contributed by atoms with E-state index in [0.29, 0.717) is 17.4 Å². The molecule has 98 valence electrons. The maximum Gasteiger partial charge on any atom is 0.126 e. The van der Waals surface area contributed by atoms with Crippen LogP contribution >= 0.6 is 11.6 Å². The van der Waals surface area contributed by atoms with Gasteiger partial charge < -0.3 is 9.84 Å². The Labute approximate surface area is 113 Å². The van der Waals surface area contributed by atoms with Crippen LogP contribution in [0.15, 0.2) is 18.2 Å². The van der Waals surface area contributed by atoms with E-state index in [9.17, 15) is 5.11 Å². The molecule has 3 unspecified atom stereocenters. The fraction of sp³-hybridized carbons (Fsp3) is 0.600. The summed E-state index contributed by atoms with van der Waals surface area (Å²) < 4.78 is 6.28. The maximum atomic E-state index is 10.4. The zero-order valence-electron chi connectivity index (χ0n) is 10.7.